The fourth-order valence-corrected chi connectivity index (χ4v) is 4.14. The molecule has 1 aliphatic carbocycles. The molecule has 1 unspecified atom stereocenters. The Morgan fingerprint density at radius 3 is 2.66 bits per heavy atom. The summed E-state index contributed by atoms with van der Waals surface area (Å²) < 4.78 is 34.8. The van der Waals surface area contributed by atoms with E-state index in [-0.39, 0.29) is 5.69 Å². The number of halogens is 2. The Balaban J connectivity index is 0.000000195. The van der Waals surface area contributed by atoms with Crippen LogP contribution in [0.4, 0.5) is 8.78 Å². The van der Waals surface area contributed by atoms with E-state index in [0.29, 0.717) is 36.5 Å². The summed E-state index contributed by atoms with van der Waals surface area (Å²) >= 11 is 0. The fourth-order valence-electron chi connectivity index (χ4n) is 3.93. The predicted octanol–water partition coefficient (Wildman–Crippen LogP) is 7.30. The van der Waals surface area contributed by atoms with Gasteiger partial charge in [0, 0.05) is 37.0 Å². The van der Waals surface area contributed by atoms with Crippen LogP contribution in [-0.2, 0) is 21.6 Å². The second-order valence-electron chi connectivity index (χ2n) is 9.36. The molecular weight excluding hydrogens is 541 g/mol. The second-order valence-corrected chi connectivity index (χ2v) is 10.1. The molecule has 0 bridgehead atoms. The minimum atomic E-state index is -3.12. The lowest BCUT2D eigenvalue weighted by molar-refractivity contribution is -0.105. The zero-order valence-electron chi connectivity index (χ0n) is 22.7. The van der Waals surface area contributed by atoms with Crippen LogP contribution >= 0.6 is 9.24 Å². The first kappa shape index (κ1) is 29.7. The van der Waals surface area contributed by atoms with E-state index in [2.05, 4.69) is 27.2 Å². The van der Waals surface area contributed by atoms with Gasteiger partial charge in [-0.05, 0) is 60.9 Å². The highest BCUT2D eigenvalue weighted by atomic mass is 31.0. The summed E-state index contributed by atoms with van der Waals surface area (Å²) in [5.41, 5.74) is 0.882. The van der Waals surface area contributed by atoms with E-state index in [4.69, 9.17) is 4.74 Å². The lowest BCUT2D eigenvalue weighted by Gasteiger charge is -2.12. The van der Waals surface area contributed by atoms with Crippen molar-refractivity contribution in [3.63, 3.8) is 0 Å². The van der Waals surface area contributed by atoms with E-state index in [9.17, 15) is 13.6 Å². The molecule has 3 aromatic rings. The number of benzene rings is 1. The van der Waals surface area contributed by atoms with Crippen LogP contribution in [0.1, 0.15) is 31.0 Å². The van der Waals surface area contributed by atoms with Gasteiger partial charge in [0.25, 0.3) is 5.66 Å². The van der Waals surface area contributed by atoms with Gasteiger partial charge in [-0.1, -0.05) is 63.4 Å². The molecule has 2 aliphatic rings. The predicted molar refractivity (Wildman–Crippen MR) is 162 cm³/mol. The highest BCUT2D eigenvalue weighted by Crippen LogP contribution is 2.38. The molecule has 41 heavy (non-hydrogen) atoms. The number of nitrogens with zero attached hydrogens (tertiary/aromatic N) is 4. The molecule has 0 N–H and O–H groups in total. The summed E-state index contributed by atoms with van der Waals surface area (Å²) in [6.45, 7) is 2.61. The van der Waals surface area contributed by atoms with E-state index < -0.39 is 5.66 Å². The number of alkyl halides is 2. The van der Waals surface area contributed by atoms with Gasteiger partial charge in [0.15, 0.2) is 5.82 Å². The summed E-state index contributed by atoms with van der Waals surface area (Å²) in [5, 5.41) is 4.31. The van der Waals surface area contributed by atoms with Gasteiger partial charge < -0.3 is 4.74 Å². The van der Waals surface area contributed by atoms with E-state index in [0.717, 1.165) is 29.6 Å². The molecule has 0 fully saturated rings. The van der Waals surface area contributed by atoms with Crippen LogP contribution in [0.25, 0.3) is 17.1 Å². The minimum absolute atomic E-state index is 0.238. The number of hydrogen-bond acceptors (Lipinski definition) is 5. The minimum Gasteiger partial charge on any atom is -0.494 e. The number of carbonyl (C=O) groups excluding carboxylic acids is 1. The van der Waals surface area contributed by atoms with Gasteiger partial charge >= 0.3 is 0 Å². The molecule has 0 amide bonds. The Hall–Kier alpha value is -4.29. The first-order chi connectivity index (χ1) is 19.8. The normalized spacial score (nSPS) is 14.8. The number of rotatable bonds is 8. The van der Waals surface area contributed by atoms with E-state index >= 15 is 0 Å². The molecule has 0 spiro atoms. The number of carbonyl (C=O) groups is 1. The van der Waals surface area contributed by atoms with Crippen molar-refractivity contribution in [3.05, 3.63) is 126 Å². The lowest BCUT2D eigenvalue weighted by atomic mass is 10.2. The summed E-state index contributed by atoms with van der Waals surface area (Å²) in [5.74, 6) is 1.19. The average molecular weight is 573 g/mol. The number of hydrogen-bond donors (Lipinski definition) is 0. The van der Waals surface area contributed by atoms with Crippen molar-refractivity contribution in [1.29, 1.82) is 0 Å². The largest absolute Gasteiger partial charge is 0.494 e. The fraction of sp³-hybridized carbons (Fsp3) is 0.188. The lowest BCUT2D eigenvalue weighted by Crippen LogP contribution is -2.12. The first-order valence-corrected chi connectivity index (χ1v) is 13.7. The molecule has 9 heteroatoms. The molecule has 1 atom stereocenters. The number of ether oxygens (including phenoxy) is 1. The van der Waals surface area contributed by atoms with Gasteiger partial charge in [0.2, 0.25) is 0 Å². The van der Waals surface area contributed by atoms with Crippen molar-refractivity contribution < 1.29 is 18.3 Å². The van der Waals surface area contributed by atoms with Crippen LogP contribution in [0, 0.1) is 0 Å². The van der Waals surface area contributed by atoms with Gasteiger partial charge in [-0.2, -0.15) is 13.9 Å². The van der Waals surface area contributed by atoms with Crippen LogP contribution in [0.5, 0.6) is 0 Å². The summed E-state index contributed by atoms with van der Waals surface area (Å²) in [7, 11) is 1.55. The molecule has 3 heterocycles. The summed E-state index contributed by atoms with van der Waals surface area (Å²) in [4.78, 5) is 18.9. The van der Waals surface area contributed by atoms with Gasteiger partial charge in [0.05, 0.1) is 12.3 Å². The number of aromatic nitrogens is 3. The van der Waals surface area contributed by atoms with E-state index in [1.165, 1.54) is 16.3 Å². The molecule has 0 saturated carbocycles. The summed E-state index contributed by atoms with van der Waals surface area (Å²) in [6.07, 6.45) is 19.0. The standard InChI is InChI=1S/C16H15F2N4P.C16H16O2/c1-11-4-5-15(20-8-6-11)22-14(16(17,18)23)9-13(21-22)12-3-2-7-19-10-12;17-13-15-7-4-8-16(10-9-15)18-12-11-14-5-2-1-3-6-14/h2-5,7-10H,6,23H2,1H3;1-8,10,13H,9,11-12H2. The number of allylic oxidation sites excluding steroid dienone is 8. The number of aldehydes is 1. The Morgan fingerprint density at radius 2 is 1.93 bits per heavy atom. The molecular formula is C32H31F2N4O2P. The Kier molecular flexibility index (Phi) is 10.4. The van der Waals surface area contributed by atoms with Crippen LogP contribution in [0.15, 0.2) is 119 Å². The van der Waals surface area contributed by atoms with Crippen LogP contribution < -0.4 is 0 Å². The molecule has 0 saturated heterocycles. The number of pyridine rings is 1. The van der Waals surface area contributed by atoms with Crippen molar-refractivity contribution in [3.8, 4) is 11.3 Å². The van der Waals surface area contributed by atoms with Crippen molar-refractivity contribution >= 4 is 27.6 Å². The molecule has 210 valence electrons. The molecule has 1 aromatic carbocycles. The maximum absolute atomic E-state index is 14.0. The van der Waals surface area contributed by atoms with Crippen molar-refractivity contribution in [2.24, 2.45) is 4.99 Å². The maximum Gasteiger partial charge on any atom is 0.300 e. The SMILES string of the molecule is CC1=CC=C(n2nc(-c3cccnc3)cc2C(F)(F)P)N=CC1.O=CC1=CC=CC(OCCc2ccccc2)=CC1. The van der Waals surface area contributed by atoms with Crippen molar-refractivity contribution in [2.45, 2.75) is 31.8 Å². The molecule has 0 radical (unpaired) electrons. The molecule has 5 rings (SSSR count). The van der Waals surface area contributed by atoms with Gasteiger partial charge in [-0.15, -0.1) is 0 Å². The monoisotopic (exact) mass is 572 g/mol. The topological polar surface area (TPSA) is 69.4 Å². The van der Waals surface area contributed by atoms with Crippen molar-refractivity contribution in [1.82, 2.24) is 14.8 Å². The van der Waals surface area contributed by atoms with E-state index in [1.807, 2.05) is 55.5 Å². The Labute approximate surface area is 240 Å². The quantitative estimate of drug-likeness (QED) is 0.210. The molecule has 6 nitrogen and oxygen atoms in total. The van der Waals surface area contributed by atoms with Gasteiger partial charge in [-0.3, -0.25) is 9.78 Å². The highest BCUT2D eigenvalue weighted by molar-refractivity contribution is 7.17. The average Bonchev–Trinajstić information content (AvgIpc) is 3.16. The zero-order valence-corrected chi connectivity index (χ0v) is 23.8. The van der Waals surface area contributed by atoms with Crippen molar-refractivity contribution in [2.75, 3.05) is 6.61 Å². The van der Waals surface area contributed by atoms with Gasteiger partial charge in [-0.25, -0.2) is 9.67 Å². The Morgan fingerprint density at radius 1 is 1.10 bits per heavy atom. The summed E-state index contributed by atoms with van der Waals surface area (Å²) in [6, 6.07) is 15.1. The zero-order chi connectivity index (χ0) is 29.1. The maximum atomic E-state index is 14.0. The van der Waals surface area contributed by atoms with Crippen LogP contribution in [0.2, 0.25) is 0 Å². The molecule has 1 aliphatic heterocycles. The smallest absolute Gasteiger partial charge is 0.300 e. The van der Waals surface area contributed by atoms with Crippen LogP contribution in [-0.4, -0.2) is 33.9 Å². The first-order valence-electron chi connectivity index (χ1n) is 13.1. The molecule has 2 aromatic heterocycles. The third-order valence-corrected chi connectivity index (χ3v) is 6.44. The highest BCUT2D eigenvalue weighted by Gasteiger charge is 2.32. The second kappa shape index (κ2) is 14.4. The third-order valence-electron chi connectivity index (χ3n) is 6.14. The third kappa shape index (κ3) is 8.85. The van der Waals surface area contributed by atoms with Crippen LogP contribution in [0.3, 0.4) is 0 Å². The van der Waals surface area contributed by atoms with E-state index in [1.54, 1.807) is 46.1 Å². The number of aliphatic imine (C=N–C) groups is 1. The Bertz CT molecular complexity index is 1520. The van der Waals surface area contributed by atoms with Gasteiger partial charge in [0.1, 0.15) is 17.7 Å².